The van der Waals surface area contributed by atoms with E-state index in [4.69, 9.17) is 4.74 Å². The van der Waals surface area contributed by atoms with Gasteiger partial charge in [-0.2, -0.15) is 0 Å². The summed E-state index contributed by atoms with van der Waals surface area (Å²) in [5.41, 5.74) is 0.657. The van der Waals surface area contributed by atoms with Crippen LogP contribution in [0.2, 0.25) is 0 Å². The second kappa shape index (κ2) is 4.46. The Morgan fingerprint density at radius 2 is 2.06 bits per heavy atom. The molecule has 1 saturated carbocycles. The molecule has 1 aliphatic carbocycles. The van der Waals surface area contributed by atoms with E-state index in [0.717, 1.165) is 25.7 Å². The highest BCUT2D eigenvalue weighted by Crippen LogP contribution is 2.43. The van der Waals surface area contributed by atoms with E-state index < -0.39 is 0 Å². The minimum absolute atomic E-state index is 0.312. The largest absolute Gasteiger partial charge is 0.380 e. The van der Waals surface area contributed by atoms with E-state index in [-0.39, 0.29) is 0 Å². The number of hydrogen-bond acceptors (Lipinski definition) is 3. The van der Waals surface area contributed by atoms with Gasteiger partial charge in [0, 0.05) is 36.8 Å². The standard InChI is InChI=1S/C15H28N2O/c1-4-14(2)10-16-15(3,12-5-6-12)11-17(14)13-7-8-18-9-13/h12-13,16H,4-11H2,1-3H3. The molecule has 2 aliphatic heterocycles. The first-order valence-electron chi connectivity index (χ1n) is 7.67. The van der Waals surface area contributed by atoms with Crippen LogP contribution in [-0.2, 0) is 4.74 Å². The molecule has 3 nitrogen and oxygen atoms in total. The topological polar surface area (TPSA) is 24.5 Å². The molecule has 3 fully saturated rings. The summed E-state index contributed by atoms with van der Waals surface area (Å²) in [5.74, 6) is 0.906. The van der Waals surface area contributed by atoms with Crippen molar-refractivity contribution in [3.8, 4) is 0 Å². The molecule has 0 bridgehead atoms. The van der Waals surface area contributed by atoms with Gasteiger partial charge in [0.1, 0.15) is 0 Å². The number of rotatable bonds is 3. The molecule has 3 unspecified atom stereocenters. The molecule has 0 aromatic rings. The van der Waals surface area contributed by atoms with Gasteiger partial charge in [0.2, 0.25) is 0 Å². The third-order valence-electron chi connectivity index (χ3n) is 5.65. The van der Waals surface area contributed by atoms with Gasteiger partial charge in [-0.1, -0.05) is 6.92 Å². The summed E-state index contributed by atoms with van der Waals surface area (Å²) >= 11 is 0. The van der Waals surface area contributed by atoms with E-state index in [0.29, 0.717) is 17.1 Å². The number of nitrogens with one attached hydrogen (secondary N) is 1. The van der Waals surface area contributed by atoms with Crippen LogP contribution in [0.15, 0.2) is 0 Å². The molecule has 3 atom stereocenters. The molecule has 0 aromatic heterocycles. The molecular formula is C15H28N2O. The van der Waals surface area contributed by atoms with Gasteiger partial charge in [-0.15, -0.1) is 0 Å². The summed E-state index contributed by atoms with van der Waals surface area (Å²) in [5, 5.41) is 3.87. The third kappa shape index (κ3) is 2.10. The van der Waals surface area contributed by atoms with E-state index in [1.807, 2.05) is 0 Å². The van der Waals surface area contributed by atoms with Gasteiger partial charge in [-0.25, -0.2) is 0 Å². The molecule has 3 rings (SSSR count). The smallest absolute Gasteiger partial charge is 0.0622 e. The van der Waals surface area contributed by atoms with Gasteiger partial charge in [0.25, 0.3) is 0 Å². The lowest BCUT2D eigenvalue weighted by Crippen LogP contribution is -2.70. The van der Waals surface area contributed by atoms with E-state index in [1.165, 1.54) is 32.2 Å². The van der Waals surface area contributed by atoms with Crippen molar-refractivity contribution in [2.75, 3.05) is 26.3 Å². The van der Waals surface area contributed by atoms with Crippen LogP contribution in [0.25, 0.3) is 0 Å². The van der Waals surface area contributed by atoms with E-state index >= 15 is 0 Å². The highest BCUT2D eigenvalue weighted by atomic mass is 16.5. The zero-order chi connectivity index (χ0) is 12.8. The fraction of sp³-hybridized carbons (Fsp3) is 1.00. The first-order chi connectivity index (χ1) is 8.57. The molecule has 0 spiro atoms. The van der Waals surface area contributed by atoms with Gasteiger partial charge in [-0.05, 0) is 45.4 Å². The zero-order valence-corrected chi connectivity index (χ0v) is 12.2. The molecule has 0 amide bonds. The molecule has 3 aliphatic rings. The van der Waals surface area contributed by atoms with Crippen LogP contribution < -0.4 is 5.32 Å². The average Bonchev–Trinajstić information content (AvgIpc) is 3.10. The van der Waals surface area contributed by atoms with Crippen molar-refractivity contribution in [1.29, 1.82) is 0 Å². The zero-order valence-electron chi connectivity index (χ0n) is 12.2. The highest BCUT2D eigenvalue weighted by Gasteiger charge is 2.50. The lowest BCUT2D eigenvalue weighted by molar-refractivity contribution is -0.0237. The Labute approximate surface area is 111 Å². The molecule has 2 saturated heterocycles. The van der Waals surface area contributed by atoms with E-state index in [2.05, 4.69) is 31.0 Å². The molecule has 18 heavy (non-hydrogen) atoms. The van der Waals surface area contributed by atoms with Crippen LogP contribution >= 0.6 is 0 Å². The van der Waals surface area contributed by atoms with Crippen molar-refractivity contribution < 1.29 is 4.74 Å². The lowest BCUT2D eigenvalue weighted by atomic mass is 9.83. The molecule has 2 heterocycles. The van der Waals surface area contributed by atoms with Gasteiger partial charge in [0.05, 0.1) is 6.61 Å². The Bertz CT molecular complexity index is 312. The molecule has 0 radical (unpaired) electrons. The Hall–Kier alpha value is -0.120. The van der Waals surface area contributed by atoms with Gasteiger partial charge in [0.15, 0.2) is 0 Å². The summed E-state index contributed by atoms with van der Waals surface area (Å²) in [6.45, 7) is 11.4. The number of nitrogens with zero attached hydrogens (tertiary/aromatic N) is 1. The van der Waals surface area contributed by atoms with Gasteiger partial charge >= 0.3 is 0 Å². The van der Waals surface area contributed by atoms with Crippen LogP contribution in [0.1, 0.15) is 46.5 Å². The Balaban J connectivity index is 1.79. The first kappa shape index (κ1) is 12.9. The van der Waals surface area contributed by atoms with Crippen molar-refractivity contribution in [1.82, 2.24) is 10.2 Å². The lowest BCUT2D eigenvalue weighted by Gasteiger charge is -2.54. The summed E-state index contributed by atoms with van der Waals surface area (Å²) in [7, 11) is 0. The number of piperazine rings is 1. The molecular weight excluding hydrogens is 224 g/mol. The Kier molecular flexibility index (Phi) is 3.20. The second-order valence-electron chi connectivity index (χ2n) is 7.04. The average molecular weight is 252 g/mol. The van der Waals surface area contributed by atoms with Crippen molar-refractivity contribution in [3.05, 3.63) is 0 Å². The van der Waals surface area contributed by atoms with Crippen molar-refractivity contribution in [3.63, 3.8) is 0 Å². The maximum absolute atomic E-state index is 5.63. The van der Waals surface area contributed by atoms with Gasteiger partial charge < -0.3 is 10.1 Å². The van der Waals surface area contributed by atoms with Crippen LogP contribution in [0, 0.1) is 5.92 Å². The predicted molar refractivity (Wildman–Crippen MR) is 73.8 cm³/mol. The Morgan fingerprint density at radius 1 is 1.28 bits per heavy atom. The van der Waals surface area contributed by atoms with Gasteiger partial charge in [-0.3, -0.25) is 4.90 Å². The number of ether oxygens (including phenoxy) is 1. The monoisotopic (exact) mass is 252 g/mol. The molecule has 3 heteroatoms. The normalized spacial score (nSPS) is 46.5. The second-order valence-corrected chi connectivity index (χ2v) is 7.04. The first-order valence-corrected chi connectivity index (χ1v) is 7.67. The summed E-state index contributed by atoms with van der Waals surface area (Å²) in [6.07, 6.45) is 5.27. The van der Waals surface area contributed by atoms with E-state index in [9.17, 15) is 0 Å². The minimum atomic E-state index is 0.312. The van der Waals surface area contributed by atoms with Crippen LogP contribution in [0.5, 0.6) is 0 Å². The molecule has 0 aromatic carbocycles. The van der Waals surface area contributed by atoms with Crippen molar-refractivity contribution in [2.45, 2.75) is 63.6 Å². The minimum Gasteiger partial charge on any atom is -0.380 e. The number of hydrogen-bond donors (Lipinski definition) is 1. The highest BCUT2D eigenvalue weighted by molar-refractivity contribution is 5.08. The van der Waals surface area contributed by atoms with Crippen molar-refractivity contribution >= 4 is 0 Å². The SMILES string of the molecule is CCC1(C)CNC(C)(C2CC2)CN1C1CCOC1. The fourth-order valence-corrected chi connectivity index (χ4v) is 3.75. The Morgan fingerprint density at radius 3 is 2.61 bits per heavy atom. The maximum Gasteiger partial charge on any atom is 0.0622 e. The van der Waals surface area contributed by atoms with E-state index in [1.54, 1.807) is 0 Å². The quantitative estimate of drug-likeness (QED) is 0.831. The predicted octanol–water partition coefficient (Wildman–Crippen LogP) is 2.02. The summed E-state index contributed by atoms with van der Waals surface area (Å²) in [4.78, 5) is 2.77. The van der Waals surface area contributed by atoms with Crippen molar-refractivity contribution in [2.24, 2.45) is 5.92 Å². The van der Waals surface area contributed by atoms with Crippen LogP contribution in [-0.4, -0.2) is 48.3 Å². The third-order valence-corrected chi connectivity index (χ3v) is 5.65. The molecule has 104 valence electrons. The maximum atomic E-state index is 5.63. The summed E-state index contributed by atoms with van der Waals surface area (Å²) in [6, 6.07) is 0.648. The summed E-state index contributed by atoms with van der Waals surface area (Å²) < 4.78 is 5.63. The van der Waals surface area contributed by atoms with Crippen LogP contribution in [0.3, 0.4) is 0 Å². The van der Waals surface area contributed by atoms with Crippen LogP contribution in [0.4, 0.5) is 0 Å². The molecule has 1 N–H and O–H groups in total. The fourth-order valence-electron chi connectivity index (χ4n) is 3.75.